The van der Waals surface area contributed by atoms with Crippen molar-refractivity contribution >= 4 is 21.9 Å². The fourth-order valence-electron chi connectivity index (χ4n) is 6.02. The van der Waals surface area contributed by atoms with E-state index in [-0.39, 0.29) is 17.4 Å². The van der Waals surface area contributed by atoms with E-state index in [4.69, 9.17) is 0 Å². The van der Waals surface area contributed by atoms with Gasteiger partial charge in [-0.05, 0) is 79.9 Å². The highest BCUT2D eigenvalue weighted by Gasteiger charge is 2.51. The molecule has 1 aromatic carbocycles. The Kier molecular flexibility index (Phi) is 5.14. The van der Waals surface area contributed by atoms with E-state index < -0.39 is 32.6 Å². The SMILES string of the molecule is COC(=O)c1ccc(F)c(S(=O)(=O)NNC(=O)CC23CC4CC(CC(C4)C2)C3)c1. The summed E-state index contributed by atoms with van der Waals surface area (Å²) in [4.78, 5) is 25.3. The molecule has 4 bridgehead atoms. The average Bonchev–Trinajstić information content (AvgIpc) is 2.64. The molecular formula is C20H25FN2O5S. The van der Waals surface area contributed by atoms with Gasteiger partial charge in [-0.3, -0.25) is 10.2 Å². The quantitative estimate of drug-likeness (QED) is 0.540. The van der Waals surface area contributed by atoms with Crippen LogP contribution in [0.25, 0.3) is 0 Å². The predicted octanol–water partition coefficient (Wildman–Crippen LogP) is 2.53. The number of hydrogen-bond acceptors (Lipinski definition) is 5. The number of benzene rings is 1. The van der Waals surface area contributed by atoms with Gasteiger partial charge >= 0.3 is 5.97 Å². The van der Waals surface area contributed by atoms with Crippen LogP contribution < -0.4 is 10.3 Å². The normalized spacial score (nSPS) is 30.2. The van der Waals surface area contributed by atoms with Crippen molar-refractivity contribution in [1.29, 1.82) is 0 Å². The van der Waals surface area contributed by atoms with E-state index in [1.54, 1.807) is 0 Å². The molecule has 1 aromatic rings. The fourth-order valence-corrected chi connectivity index (χ4v) is 6.99. The minimum atomic E-state index is -4.38. The standard InChI is InChI=1S/C20H25FN2O5S/c1-28-19(25)15-2-3-16(21)17(7-15)29(26,27)23-22-18(24)11-20-8-12-4-13(9-20)6-14(5-12)10-20/h2-3,7,12-14,23H,4-6,8-11H2,1H3,(H,22,24). The molecule has 7 nitrogen and oxygen atoms in total. The van der Waals surface area contributed by atoms with Crippen molar-refractivity contribution in [1.82, 2.24) is 10.3 Å². The third kappa shape index (κ3) is 4.02. The first-order valence-electron chi connectivity index (χ1n) is 9.88. The zero-order valence-electron chi connectivity index (χ0n) is 16.2. The molecule has 0 saturated heterocycles. The van der Waals surface area contributed by atoms with Gasteiger partial charge in [0, 0.05) is 6.42 Å². The molecule has 2 N–H and O–H groups in total. The second kappa shape index (κ2) is 7.36. The summed E-state index contributed by atoms with van der Waals surface area (Å²) in [6.07, 6.45) is 7.10. The Morgan fingerprint density at radius 2 is 1.72 bits per heavy atom. The molecule has 0 heterocycles. The average molecular weight is 424 g/mol. The lowest BCUT2D eigenvalue weighted by molar-refractivity contribution is -0.129. The number of carbonyl (C=O) groups excluding carboxylic acids is 2. The minimum Gasteiger partial charge on any atom is -0.465 e. The van der Waals surface area contributed by atoms with E-state index in [2.05, 4.69) is 10.2 Å². The summed E-state index contributed by atoms with van der Waals surface area (Å²) in [5.41, 5.74) is 2.08. The Labute approximate surface area is 169 Å². The van der Waals surface area contributed by atoms with Crippen LogP contribution in [0.15, 0.2) is 23.1 Å². The molecule has 0 atom stereocenters. The molecule has 0 unspecified atom stereocenters. The van der Waals surface area contributed by atoms with Gasteiger partial charge in [-0.15, -0.1) is 4.83 Å². The second-order valence-corrected chi connectivity index (χ2v) is 10.5. The van der Waals surface area contributed by atoms with Crippen LogP contribution in [-0.4, -0.2) is 27.4 Å². The van der Waals surface area contributed by atoms with Gasteiger partial charge in [-0.2, -0.15) is 0 Å². The second-order valence-electron chi connectivity index (χ2n) is 8.88. The van der Waals surface area contributed by atoms with E-state index in [9.17, 15) is 22.4 Å². The Morgan fingerprint density at radius 1 is 1.14 bits per heavy atom. The Bertz CT molecular complexity index is 911. The number of sulfonamides is 1. The molecular weight excluding hydrogens is 399 g/mol. The minimum absolute atomic E-state index is 0.0413. The van der Waals surface area contributed by atoms with Crippen molar-refractivity contribution in [2.24, 2.45) is 23.2 Å². The third-order valence-corrected chi connectivity index (χ3v) is 7.93. The van der Waals surface area contributed by atoms with Gasteiger partial charge in [0.1, 0.15) is 10.7 Å². The fraction of sp³-hybridized carbons (Fsp3) is 0.600. The maximum Gasteiger partial charge on any atom is 0.337 e. The smallest absolute Gasteiger partial charge is 0.337 e. The summed E-state index contributed by atoms with van der Waals surface area (Å²) >= 11 is 0. The number of hydrazine groups is 1. The van der Waals surface area contributed by atoms with Gasteiger partial charge in [-0.25, -0.2) is 17.6 Å². The van der Waals surface area contributed by atoms with Gasteiger partial charge in [-0.1, -0.05) is 0 Å². The van der Waals surface area contributed by atoms with Crippen LogP contribution >= 0.6 is 0 Å². The van der Waals surface area contributed by atoms with Crippen LogP contribution in [0, 0.1) is 29.0 Å². The number of methoxy groups -OCH3 is 1. The molecule has 158 valence electrons. The lowest BCUT2D eigenvalue weighted by Gasteiger charge is -2.56. The lowest BCUT2D eigenvalue weighted by atomic mass is 9.49. The van der Waals surface area contributed by atoms with Crippen molar-refractivity contribution < 1.29 is 27.1 Å². The molecule has 4 aliphatic carbocycles. The summed E-state index contributed by atoms with van der Waals surface area (Å²) in [5.74, 6) is -0.185. The third-order valence-electron chi connectivity index (χ3n) is 6.67. The van der Waals surface area contributed by atoms with Crippen LogP contribution in [0.2, 0.25) is 0 Å². The molecule has 29 heavy (non-hydrogen) atoms. The Morgan fingerprint density at radius 3 is 2.28 bits per heavy atom. The van der Waals surface area contributed by atoms with Crippen molar-refractivity contribution in [2.45, 2.75) is 49.8 Å². The zero-order valence-corrected chi connectivity index (χ0v) is 17.1. The molecule has 0 aromatic heterocycles. The van der Waals surface area contributed by atoms with Gasteiger partial charge < -0.3 is 4.74 Å². The number of carbonyl (C=O) groups is 2. The molecule has 0 radical (unpaired) electrons. The van der Waals surface area contributed by atoms with Gasteiger partial charge in [0.05, 0.1) is 12.7 Å². The number of esters is 1. The number of nitrogens with one attached hydrogen (secondary N) is 2. The van der Waals surface area contributed by atoms with E-state index in [0.717, 1.165) is 44.6 Å². The molecule has 4 fully saturated rings. The first kappa shape index (κ1) is 20.3. The Balaban J connectivity index is 1.42. The van der Waals surface area contributed by atoms with Gasteiger partial charge in [0.2, 0.25) is 5.91 Å². The number of amides is 1. The number of rotatable bonds is 6. The Hall–Kier alpha value is -2.00. The number of ether oxygens (including phenoxy) is 1. The van der Waals surface area contributed by atoms with Crippen LogP contribution in [0.5, 0.6) is 0 Å². The molecule has 4 aliphatic rings. The van der Waals surface area contributed by atoms with Crippen LogP contribution in [-0.2, 0) is 19.6 Å². The summed E-state index contributed by atoms with van der Waals surface area (Å²) in [5, 5.41) is 0. The van der Waals surface area contributed by atoms with Crippen LogP contribution in [0.1, 0.15) is 55.3 Å². The van der Waals surface area contributed by atoms with Crippen molar-refractivity contribution in [3.63, 3.8) is 0 Å². The largest absolute Gasteiger partial charge is 0.465 e. The maximum atomic E-state index is 14.1. The van der Waals surface area contributed by atoms with E-state index >= 15 is 0 Å². The lowest BCUT2D eigenvalue weighted by Crippen LogP contribution is -2.50. The predicted molar refractivity (Wildman–Crippen MR) is 101 cm³/mol. The van der Waals surface area contributed by atoms with Crippen molar-refractivity contribution in [3.05, 3.63) is 29.6 Å². The van der Waals surface area contributed by atoms with E-state index in [1.165, 1.54) is 19.3 Å². The number of hydrogen-bond donors (Lipinski definition) is 2. The zero-order chi connectivity index (χ0) is 20.8. The maximum absolute atomic E-state index is 14.1. The highest BCUT2D eigenvalue weighted by molar-refractivity contribution is 7.89. The molecule has 0 spiro atoms. The van der Waals surface area contributed by atoms with Crippen molar-refractivity contribution in [2.75, 3.05) is 7.11 Å². The summed E-state index contributed by atoms with van der Waals surface area (Å²) in [6, 6.07) is 2.89. The molecule has 4 saturated carbocycles. The van der Waals surface area contributed by atoms with Gasteiger partial charge in [0.15, 0.2) is 0 Å². The summed E-state index contributed by atoms with van der Waals surface area (Å²) < 4.78 is 43.5. The highest BCUT2D eigenvalue weighted by Crippen LogP contribution is 2.61. The first-order valence-corrected chi connectivity index (χ1v) is 11.4. The summed E-state index contributed by atoms with van der Waals surface area (Å²) in [6.45, 7) is 0. The van der Waals surface area contributed by atoms with Crippen LogP contribution in [0.3, 0.4) is 0 Å². The van der Waals surface area contributed by atoms with E-state index in [1.807, 2.05) is 4.83 Å². The molecule has 5 rings (SSSR count). The van der Waals surface area contributed by atoms with Gasteiger partial charge in [0.25, 0.3) is 10.0 Å². The van der Waals surface area contributed by atoms with E-state index in [0.29, 0.717) is 17.8 Å². The van der Waals surface area contributed by atoms with Crippen molar-refractivity contribution in [3.8, 4) is 0 Å². The monoisotopic (exact) mass is 424 g/mol. The summed E-state index contributed by atoms with van der Waals surface area (Å²) in [7, 11) is -3.24. The first-order chi connectivity index (χ1) is 13.7. The number of halogens is 1. The molecule has 1 amide bonds. The van der Waals surface area contributed by atoms with Crippen LogP contribution in [0.4, 0.5) is 4.39 Å². The molecule has 9 heteroatoms. The molecule has 0 aliphatic heterocycles. The highest BCUT2D eigenvalue weighted by atomic mass is 32.2. The topological polar surface area (TPSA) is 102 Å².